The average Bonchev–Trinajstić information content (AvgIpc) is 2.36. The Balaban J connectivity index is 3.32. The Labute approximate surface area is 91.3 Å². The predicted octanol–water partition coefficient (Wildman–Crippen LogP) is -0.151. The maximum Gasteiger partial charge on any atom is 0.188 e. The summed E-state index contributed by atoms with van der Waals surface area (Å²) in [6, 6.07) is 3.86. The largest absolute Gasteiger partial charge is 0.388 e. The molecule has 0 aliphatic carbocycles. The zero-order valence-corrected chi connectivity index (χ0v) is 8.34. The summed E-state index contributed by atoms with van der Waals surface area (Å²) in [5.74, 6) is -1.30. The minimum Gasteiger partial charge on any atom is -0.388 e. The van der Waals surface area contributed by atoms with E-state index < -0.39 is 24.8 Å². The van der Waals surface area contributed by atoms with E-state index in [4.69, 9.17) is 10.2 Å². The number of Topliss-reactive ketones (excluding diaryl/α,β-unsaturated/α-hetero) is 2. The number of hydrogen-bond acceptors (Lipinski definition) is 5. The van der Waals surface area contributed by atoms with Crippen LogP contribution in [-0.4, -0.2) is 41.3 Å². The summed E-state index contributed by atoms with van der Waals surface area (Å²) in [4.78, 5) is 33.1. The van der Waals surface area contributed by atoms with E-state index in [2.05, 4.69) is 0 Å². The highest BCUT2D eigenvalue weighted by Gasteiger charge is 2.16. The first kappa shape index (κ1) is 12.2. The third-order valence-electron chi connectivity index (χ3n) is 2.07. The van der Waals surface area contributed by atoms with Crippen molar-refractivity contribution in [3.05, 3.63) is 34.9 Å². The van der Waals surface area contributed by atoms with Crippen LogP contribution in [0.25, 0.3) is 0 Å². The Morgan fingerprint density at radius 2 is 1.62 bits per heavy atom. The molecule has 84 valence electrons. The molecule has 0 unspecified atom stereocenters. The lowest BCUT2D eigenvalue weighted by atomic mass is 9.98. The van der Waals surface area contributed by atoms with Gasteiger partial charge in [0.15, 0.2) is 11.6 Å². The van der Waals surface area contributed by atoms with Gasteiger partial charge in [-0.3, -0.25) is 14.4 Å². The van der Waals surface area contributed by atoms with Gasteiger partial charge in [-0.25, -0.2) is 0 Å². The predicted molar refractivity (Wildman–Crippen MR) is 54.7 cm³/mol. The fourth-order valence-electron chi connectivity index (χ4n) is 1.28. The lowest BCUT2D eigenvalue weighted by molar-refractivity contribution is 0.0871. The molecular weight excluding hydrogens is 212 g/mol. The number of aldehydes is 1. The maximum absolute atomic E-state index is 11.3. The van der Waals surface area contributed by atoms with E-state index in [0.717, 1.165) is 0 Å². The van der Waals surface area contributed by atoms with Crippen LogP contribution < -0.4 is 0 Å². The molecule has 0 heterocycles. The molecule has 16 heavy (non-hydrogen) atoms. The quantitative estimate of drug-likeness (QED) is 0.534. The van der Waals surface area contributed by atoms with Gasteiger partial charge in [-0.15, -0.1) is 0 Å². The standard InChI is InChI=1S/C11H10O5/c12-4-7-1-2-8(10(15)5-13)9(3-7)11(16)6-14/h1-4,13-14H,5-6H2. The molecule has 0 spiro atoms. The van der Waals surface area contributed by atoms with Gasteiger partial charge < -0.3 is 10.2 Å². The monoisotopic (exact) mass is 222 g/mol. The molecule has 1 aromatic carbocycles. The molecule has 0 fully saturated rings. The van der Waals surface area contributed by atoms with E-state index in [-0.39, 0.29) is 16.7 Å². The van der Waals surface area contributed by atoms with Gasteiger partial charge in [0.2, 0.25) is 0 Å². The smallest absolute Gasteiger partial charge is 0.188 e. The van der Waals surface area contributed by atoms with Crippen LogP contribution >= 0.6 is 0 Å². The van der Waals surface area contributed by atoms with Crippen LogP contribution in [0.5, 0.6) is 0 Å². The second-order valence-corrected chi connectivity index (χ2v) is 3.09. The zero-order chi connectivity index (χ0) is 12.1. The minimum absolute atomic E-state index is 0.00662. The molecule has 0 aliphatic heterocycles. The fraction of sp³-hybridized carbons (Fsp3) is 0.182. The lowest BCUT2D eigenvalue weighted by Crippen LogP contribution is -2.14. The summed E-state index contributed by atoms with van der Waals surface area (Å²) in [6.07, 6.45) is 0.529. The molecule has 0 saturated heterocycles. The van der Waals surface area contributed by atoms with Gasteiger partial charge in [-0.2, -0.15) is 0 Å². The van der Waals surface area contributed by atoms with Gasteiger partial charge >= 0.3 is 0 Å². The number of rotatable bonds is 5. The fourth-order valence-corrected chi connectivity index (χ4v) is 1.28. The molecule has 0 amide bonds. The highest BCUT2D eigenvalue weighted by Crippen LogP contribution is 2.13. The van der Waals surface area contributed by atoms with Crippen molar-refractivity contribution in [2.75, 3.05) is 13.2 Å². The van der Waals surface area contributed by atoms with E-state index >= 15 is 0 Å². The average molecular weight is 222 g/mol. The van der Waals surface area contributed by atoms with Crippen LogP contribution in [0.4, 0.5) is 0 Å². The number of benzene rings is 1. The van der Waals surface area contributed by atoms with Crippen molar-refractivity contribution in [3.8, 4) is 0 Å². The summed E-state index contributed by atoms with van der Waals surface area (Å²) >= 11 is 0. The third-order valence-corrected chi connectivity index (χ3v) is 2.07. The van der Waals surface area contributed by atoms with Crippen LogP contribution in [0.2, 0.25) is 0 Å². The topological polar surface area (TPSA) is 91.7 Å². The van der Waals surface area contributed by atoms with E-state index in [9.17, 15) is 14.4 Å². The van der Waals surface area contributed by atoms with Gasteiger partial charge in [-0.05, 0) is 12.1 Å². The van der Waals surface area contributed by atoms with Crippen molar-refractivity contribution in [1.82, 2.24) is 0 Å². The van der Waals surface area contributed by atoms with Gasteiger partial charge in [0.25, 0.3) is 0 Å². The van der Waals surface area contributed by atoms with Crippen molar-refractivity contribution < 1.29 is 24.6 Å². The second kappa shape index (κ2) is 5.29. The zero-order valence-electron chi connectivity index (χ0n) is 8.34. The first-order valence-electron chi connectivity index (χ1n) is 4.51. The van der Waals surface area contributed by atoms with Crippen molar-refractivity contribution >= 4 is 17.9 Å². The van der Waals surface area contributed by atoms with Gasteiger partial charge in [0.05, 0.1) is 0 Å². The Bertz CT molecular complexity index is 436. The number of carbonyl (C=O) groups is 3. The number of ketones is 2. The molecule has 2 N–H and O–H groups in total. The Kier molecular flexibility index (Phi) is 4.04. The summed E-state index contributed by atoms with van der Waals surface area (Å²) in [6.45, 7) is -1.49. The Morgan fingerprint density at radius 3 is 2.12 bits per heavy atom. The lowest BCUT2D eigenvalue weighted by Gasteiger charge is -2.05. The molecule has 0 radical (unpaired) electrons. The Morgan fingerprint density at radius 1 is 1.06 bits per heavy atom. The van der Waals surface area contributed by atoms with Gasteiger partial charge in [-0.1, -0.05) is 6.07 Å². The number of hydrogen-bond donors (Lipinski definition) is 2. The second-order valence-electron chi connectivity index (χ2n) is 3.09. The maximum atomic E-state index is 11.3. The highest BCUT2D eigenvalue weighted by molar-refractivity contribution is 6.10. The van der Waals surface area contributed by atoms with Crippen LogP contribution in [0, 0.1) is 0 Å². The normalized spacial score (nSPS) is 9.88. The molecule has 5 nitrogen and oxygen atoms in total. The summed E-state index contributed by atoms with van der Waals surface area (Å²) < 4.78 is 0. The molecule has 0 bridgehead atoms. The van der Waals surface area contributed by atoms with Gasteiger partial charge in [0, 0.05) is 16.7 Å². The van der Waals surface area contributed by atoms with Crippen molar-refractivity contribution in [3.63, 3.8) is 0 Å². The van der Waals surface area contributed by atoms with Crippen molar-refractivity contribution in [1.29, 1.82) is 0 Å². The first-order valence-corrected chi connectivity index (χ1v) is 4.51. The first-order chi connectivity index (χ1) is 7.63. The minimum atomic E-state index is -0.756. The van der Waals surface area contributed by atoms with Crippen LogP contribution in [0.1, 0.15) is 31.1 Å². The highest BCUT2D eigenvalue weighted by atomic mass is 16.3. The molecular formula is C11H10O5. The van der Waals surface area contributed by atoms with Crippen molar-refractivity contribution in [2.24, 2.45) is 0 Å². The molecule has 0 aromatic heterocycles. The number of carbonyl (C=O) groups excluding carboxylic acids is 3. The van der Waals surface area contributed by atoms with E-state index in [1.807, 2.05) is 0 Å². The molecule has 0 saturated carbocycles. The van der Waals surface area contributed by atoms with Crippen LogP contribution in [0.3, 0.4) is 0 Å². The summed E-state index contributed by atoms with van der Waals surface area (Å²) in [5, 5.41) is 17.4. The molecule has 0 aliphatic rings. The van der Waals surface area contributed by atoms with Gasteiger partial charge in [0.1, 0.15) is 19.5 Å². The van der Waals surface area contributed by atoms with E-state index in [1.54, 1.807) is 0 Å². The van der Waals surface area contributed by atoms with E-state index in [1.165, 1.54) is 18.2 Å². The number of aliphatic hydroxyl groups is 2. The third kappa shape index (κ3) is 2.39. The summed E-state index contributed by atoms with van der Waals surface area (Å²) in [5.41, 5.74) is 0.185. The SMILES string of the molecule is O=Cc1ccc(C(=O)CO)c(C(=O)CO)c1. The molecule has 1 aromatic rings. The van der Waals surface area contributed by atoms with Crippen molar-refractivity contribution in [2.45, 2.75) is 0 Å². The van der Waals surface area contributed by atoms with Crippen LogP contribution in [-0.2, 0) is 0 Å². The number of aliphatic hydroxyl groups excluding tert-OH is 2. The van der Waals surface area contributed by atoms with E-state index in [0.29, 0.717) is 6.29 Å². The van der Waals surface area contributed by atoms with Crippen LogP contribution in [0.15, 0.2) is 18.2 Å². The molecule has 5 heteroatoms. The molecule has 1 rings (SSSR count). The Hall–Kier alpha value is -1.85. The summed E-state index contributed by atoms with van der Waals surface area (Å²) in [7, 11) is 0. The molecule has 0 atom stereocenters.